The van der Waals surface area contributed by atoms with Crippen molar-refractivity contribution in [3.63, 3.8) is 0 Å². The van der Waals surface area contributed by atoms with Crippen LogP contribution < -0.4 is 5.46 Å². The van der Waals surface area contributed by atoms with E-state index in [1.807, 2.05) is 0 Å². The summed E-state index contributed by atoms with van der Waals surface area (Å²) in [7, 11) is -1.83. The molecule has 0 saturated carbocycles. The molecule has 19 heavy (non-hydrogen) atoms. The van der Waals surface area contributed by atoms with E-state index in [0.717, 1.165) is 10.5 Å². The molecular formula is C13H11BF2O2S. The third-order valence-electron chi connectivity index (χ3n) is 2.54. The van der Waals surface area contributed by atoms with Crippen LogP contribution in [0.3, 0.4) is 0 Å². The normalized spacial score (nSPS) is 10.5. The van der Waals surface area contributed by atoms with Gasteiger partial charge in [0.05, 0.1) is 0 Å². The van der Waals surface area contributed by atoms with Gasteiger partial charge >= 0.3 is 7.12 Å². The molecule has 2 nitrogen and oxygen atoms in total. The van der Waals surface area contributed by atoms with E-state index >= 15 is 0 Å². The zero-order chi connectivity index (χ0) is 13.8. The van der Waals surface area contributed by atoms with Crippen LogP contribution in [0.15, 0.2) is 47.4 Å². The van der Waals surface area contributed by atoms with Gasteiger partial charge in [0.2, 0.25) is 0 Å². The van der Waals surface area contributed by atoms with Gasteiger partial charge in [0, 0.05) is 16.1 Å². The minimum Gasteiger partial charge on any atom is -0.423 e. The Morgan fingerprint density at radius 3 is 2.53 bits per heavy atom. The summed E-state index contributed by atoms with van der Waals surface area (Å²) >= 11 is 1.39. The van der Waals surface area contributed by atoms with Crippen molar-refractivity contribution in [1.82, 2.24) is 0 Å². The molecule has 0 unspecified atom stereocenters. The summed E-state index contributed by atoms with van der Waals surface area (Å²) < 4.78 is 26.2. The van der Waals surface area contributed by atoms with E-state index in [9.17, 15) is 8.78 Å². The Morgan fingerprint density at radius 2 is 1.84 bits per heavy atom. The highest BCUT2D eigenvalue weighted by Gasteiger charge is 2.16. The highest BCUT2D eigenvalue weighted by Crippen LogP contribution is 2.23. The molecule has 2 aromatic carbocycles. The number of halogens is 2. The molecule has 98 valence electrons. The fourth-order valence-electron chi connectivity index (χ4n) is 1.60. The molecule has 2 N–H and O–H groups in total. The molecule has 2 aromatic rings. The lowest BCUT2D eigenvalue weighted by Crippen LogP contribution is -2.32. The molecule has 0 spiro atoms. The van der Waals surface area contributed by atoms with E-state index in [4.69, 9.17) is 10.0 Å². The molecule has 2 rings (SSSR count). The Labute approximate surface area is 114 Å². The molecule has 0 heterocycles. The minimum absolute atomic E-state index is 0.155. The minimum atomic E-state index is -1.83. The van der Waals surface area contributed by atoms with Gasteiger partial charge in [0.1, 0.15) is 11.6 Å². The molecule has 0 radical (unpaired) electrons. The second-order valence-corrected chi connectivity index (χ2v) is 5.02. The fourth-order valence-corrected chi connectivity index (χ4v) is 2.49. The first kappa shape index (κ1) is 14.1. The first-order valence-corrected chi connectivity index (χ1v) is 6.57. The maximum Gasteiger partial charge on any atom is 0.491 e. The molecule has 0 fully saturated rings. The SMILES string of the molecule is OB(O)c1cc(CSc2cccc(F)c2)ccc1F. The van der Waals surface area contributed by atoms with Crippen LogP contribution in [0, 0.1) is 11.6 Å². The van der Waals surface area contributed by atoms with Crippen molar-refractivity contribution in [3.05, 3.63) is 59.7 Å². The Morgan fingerprint density at radius 1 is 1.05 bits per heavy atom. The highest BCUT2D eigenvalue weighted by atomic mass is 32.2. The van der Waals surface area contributed by atoms with Crippen LogP contribution in [0.1, 0.15) is 5.56 Å². The molecule has 0 aliphatic carbocycles. The fraction of sp³-hybridized carbons (Fsp3) is 0.0769. The molecule has 0 aliphatic heterocycles. The van der Waals surface area contributed by atoms with Crippen molar-refractivity contribution in [2.75, 3.05) is 0 Å². The lowest BCUT2D eigenvalue weighted by molar-refractivity contribution is 0.423. The highest BCUT2D eigenvalue weighted by molar-refractivity contribution is 7.98. The predicted octanol–water partition coefficient (Wildman–Crippen LogP) is 1.94. The number of thioether (sulfide) groups is 1. The van der Waals surface area contributed by atoms with Crippen molar-refractivity contribution in [1.29, 1.82) is 0 Å². The quantitative estimate of drug-likeness (QED) is 0.664. The Bertz CT molecular complexity index is 578. The van der Waals surface area contributed by atoms with Gasteiger partial charge in [-0.25, -0.2) is 8.78 Å². The Hall–Kier alpha value is -1.37. The van der Waals surface area contributed by atoms with E-state index in [2.05, 4.69) is 0 Å². The summed E-state index contributed by atoms with van der Waals surface area (Å²) in [6.45, 7) is 0. The van der Waals surface area contributed by atoms with E-state index in [0.29, 0.717) is 5.75 Å². The molecule has 0 aliphatic rings. The lowest BCUT2D eigenvalue weighted by Gasteiger charge is -2.06. The molecular weight excluding hydrogens is 269 g/mol. The van der Waals surface area contributed by atoms with Crippen molar-refractivity contribution >= 4 is 24.3 Å². The molecule has 0 aromatic heterocycles. The third-order valence-corrected chi connectivity index (χ3v) is 3.61. The van der Waals surface area contributed by atoms with Crippen LogP contribution in [0.5, 0.6) is 0 Å². The average molecular weight is 280 g/mol. The van der Waals surface area contributed by atoms with Crippen LogP contribution >= 0.6 is 11.8 Å². The lowest BCUT2D eigenvalue weighted by atomic mass is 9.79. The monoisotopic (exact) mass is 280 g/mol. The van der Waals surface area contributed by atoms with Gasteiger partial charge in [-0.1, -0.05) is 18.2 Å². The molecule has 6 heteroatoms. The van der Waals surface area contributed by atoms with Gasteiger partial charge in [-0.2, -0.15) is 0 Å². The maximum atomic E-state index is 13.3. The largest absolute Gasteiger partial charge is 0.491 e. The second-order valence-electron chi connectivity index (χ2n) is 3.98. The zero-order valence-corrected chi connectivity index (χ0v) is 10.7. The smallest absolute Gasteiger partial charge is 0.423 e. The molecule has 0 atom stereocenters. The van der Waals surface area contributed by atoms with Gasteiger partial charge in [-0.15, -0.1) is 11.8 Å². The van der Waals surface area contributed by atoms with E-state index in [1.54, 1.807) is 18.2 Å². The summed E-state index contributed by atoms with van der Waals surface area (Å²) in [5.41, 5.74) is 0.580. The van der Waals surface area contributed by atoms with Gasteiger partial charge in [-0.05, 0) is 29.8 Å². The van der Waals surface area contributed by atoms with Gasteiger partial charge in [0.25, 0.3) is 0 Å². The van der Waals surface area contributed by atoms with Crippen molar-refractivity contribution in [3.8, 4) is 0 Å². The van der Waals surface area contributed by atoms with E-state index < -0.39 is 12.9 Å². The second kappa shape index (κ2) is 6.19. The molecule has 0 amide bonds. The number of benzene rings is 2. The first-order valence-electron chi connectivity index (χ1n) is 5.59. The van der Waals surface area contributed by atoms with Crippen LogP contribution in [0.4, 0.5) is 8.78 Å². The number of rotatable bonds is 4. The summed E-state index contributed by atoms with van der Waals surface area (Å²) in [6.07, 6.45) is 0. The standard InChI is InChI=1S/C13H11BF2O2S/c15-10-2-1-3-11(7-10)19-8-9-4-5-13(16)12(6-9)14(17)18/h1-7,17-18H,8H2. The van der Waals surface area contributed by atoms with Gasteiger partial charge < -0.3 is 10.0 Å². The number of hydrogen-bond acceptors (Lipinski definition) is 3. The van der Waals surface area contributed by atoms with Gasteiger partial charge in [-0.3, -0.25) is 0 Å². The van der Waals surface area contributed by atoms with Crippen molar-refractivity contribution < 1.29 is 18.8 Å². The Kier molecular flexibility index (Phi) is 4.58. The van der Waals surface area contributed by atoms with E-state index in [-0.39, 0.29) is 11.3 Å². The van der Waals surface area contributed by atoms with Crippen molar-refractivity contribution in [2.24, 2.45) is 0 Å². The molecule has 0 saturated heterocycles. The zero-order valence-electron chi connectivity index (χ0n) is 9.88. The summed E-state index contributed by atoms with van der Waals surface area (Å²) in [6, 6.07) is 10.3. The topological polar surface area (TPSA) is 40.5 Å². The average Bonchev–Trinajstić information content (AvgIpc) is 2.37. The van der Waals surface area contributed by atoms with Crippen LogP contribution in [-0.2, 0) is 5.75 Å². The van der Waals surface area contributed by atoms with Crippen LogP contribution in [0.25, 0.3) is 0 Å². The van der Waals surface area contributed by atoms with Crippen LogP contribution in [0.2, 0.25) is 0 Å². The summed E-state index contributed by atoms with van der Waals surface area (Å²) in [5.74, 6) is -0.478. The molecule has 0 bridgehead atoms. The van der Waals surface area contributed by atoms with Crippen molar-refractivity contribution in [2.45, 2.75) is 10.6 Å². The first-order chi connectivity index (χ1) is 9.06. The van der Waals surface area contributed by atoms with E-state index in [1.165, 1.54) is 36.0 Å². The van der Waals surface area contributed by atoms with Crippen LogP contribution in [-0.4, -0.2) is 17.2 Å². The summed E-state index contributed by atoms with van der Waals surface area (Å²) in [4.78, 5) is 0.760. The Balaban J connectivity index is 2.09. The third kappa shape index (κ3) is 3.80. The van der Waals surface area contributed by atoms with Gasteiger partial charge in [0.15, 0.2) is 0 Å². The predicted molar refractivity (Wildman–Crippen MR) is 72.2 cm³/mol. The summed E-state index contributed by atoms with van der Waals surface area (Å²) in [5, 5.41) is 18.0. The number of hydrogen-bond donors (Lipinski definition) is 2. The maximum absolute atomic E-state index is 13.3.